The van der Waals surface area contributed by atoms with Crippen LogP contribution in [0.25, 0.3) is 0 Å². The van der Waals surface area contributed by atoms with Gasteiger partial charge in [-0.05, 0) is 39.5 Å². The third-order valence-electron chi connectivity index (χ3n) is 8.32. The lowest BCUT2D eigenvalue weighted by molar-refractivity contribution is -0.144. The SMILES string of the molecule is CC(C)N1C(=O)[C@H]2[C@@H](C(=O)NC3CCCCC3)[C@H]3C=C[C@@]2(O3)[C@H]1C(=O)NC1CCCCC1. The number of amides is 3. The van der Waals surface area contributed by atoms with Crippen molar-refractivity contribution in [2.24, 2.45) is 11.8 Å². The van der Waals surface area contributed by atoms with Gasteiger partial charge in [-0.25, -0.2) is 0 Å². The number of carbonyl (C=O) groups excluding carboxylic acids is 3. The summed E-state index contributed by atoms with van der Waals surface area (Å²) in [5, 5.41) is 6.42. The van der Waals surface area contributed by atoms with Gasteiger partial charge in [-0.2, -0.15) is 0 Å². The van der Waals surface area contributed by atoms with Gasteiger partial charge in [-0.3, -0.25) is 14.4 Å². The van der Waals surface area contributed by atoms with Gasteiger partial charge in [0.25, 0.3) is 0 Å². The van der Waals surface area contributed by atoms with E-state index in [0.29, 0.717) is 0 Å². The molecule has 2 N–H and O–H groups in total. The molecule has 0 unspecified atom stereocenters. The molecule has 2 saturated heterocycles. The summed E-state index contributed by atoms with van der Waals surface area (Å²) in [5.41, 5.74) is -1.04. The normalized spacial score (nSPS) is 37.2. The summed E-state index contributed by atoms with van der Waals surface area (Å²) < 4.78 is 6.39. The molecule has 0 radical (unpaired) electrons. The van der Waals surface area contributed by atoms with Crippen LogP contribution in [0, 0.1) is 11.8 Å². The van der Waals surface area contributed by atoms with Crippen LogP contribution >= 0.6 is 0 Å². The quantitative estimate of drug-likeness (QED) is 0.639. The first kappa shape index (κ1) is 21.9. The summed E-state index contributed by atoms with van der Waals surface area (Å²) in [4.78, 5) is 42.3. The Morgan fingerprint density at radius 3 is 2.09 bits per heavy atom. The van der Waals surface area contributed by atoms with Crippen molar-refractivity contribution in [1.82, 2.24) is 15.5 Å². The molecule has 5 atom stereocenters. The van der Waals surface area contributed by atoms with Crippen molar-refractivity contribution < 1.29 is 19.1 Å². The van der Waals surface area contributed by atoms with E-state index < -0.39 is 29.6 Å². The van der Waals surface area contributed by atoms with Gasteiger partial charge < -0.3 is 20.3 Å². The predicted octanol–water partition coefficient (Wildman–Crippen LogP) is 2.44. The lowest BCUT2D eigenvalue weighted by Gasteiger charge is -2.35. The summed E-state index contributed by atoms with van der Waals surface area (Å²) in [6.07, 6.45) is 14.3. The molecule has 2 saturated carbocycles. The minimum absolute atomic E-state index is 0.0940. The largest absolute Gasteiger partial charge is 0.359 e. The summed E-state index contributed by atoms with van der Waals surface area (Å²) in [7, 11) is 0. The fraction of sp³-hybridized carbons (Fsp3) is 0.800. The molecule has 32 heavy (non-hydrogen) atoms. The van der Waals surface area contributed by atoms with Gasteiger partial charge >= 0.3 is 0 Å². The Balaban J connectivity index is 1.40. The minimum Gasteiger partial charge on any atom is -0.359 e. The van der Waals surface area contributed by atoms with Crippen molar-refractivity contribution >= 4 is 17.7 Å². The molecule has 7 nitrogen and oxygen atoms in total. The molecule has 5 rings (SSSR count). The zero-order valence-electron chi connectivity index (χ0n) is 19.3. The molecule has 3 heterocycles. The Hall–Kier alpha value is -1.89. The van der Waals surface area contributed by atoms with Crippen LogP contribution in [0.15, 0.2) is 12.2 Å². The molecule has 0 aromatic rings. The van der Waals surface area contributed by atoms with Crippen LogP contribution in [-0.4, -0.2) is 58.5 Å². The van der Waals surface area contributed by atoms with Crippen LogP contribution in [0.5, 0.6) is 0 Å². The van der Waals surface area contributed by atoms with Gasteiger partial charge in [-0.15, -0.1) is 0 Å². The lowest BCUT2D eigenvalue weighted by Crippen LogP contribution is -2.57. The fourth-order valence-electron chi connectivity index (χ4n) is 6.83. The molecule has 0 aromatic carbocycles. The van der Waals surface area contributed by atoms with E-state index in [4.69, 9.17) is 4.74 Å². The third kappa shape index (κ3) is 3.47. The number of nitrogens with one attached hydrogen (secondary N) is 2. The van der Waals surface area contributed by atoms with Gasteiger partial charge in [0.05, 0.1) is 17.9 Å². The van der Waals surface area contributed by atoms with E-state index in [2.05, 4.69) is 10.6 Å². The van der Waals surface area contributed by atoms with E-state index in [0.717, 1.165) is 51.4 Å². The maximum atomic E-state index is 13.7. The molecular weight excluding hydrogens is 406 g/mol. The van der Waals surface area contributed by atoms with Crippen molar-refractivity contribution in [2.75, 3.05) is 0 Å². The molecule has 3 aliphatic heterocycles. The number of hydrogen-bond donors (Lipinski definition) is 2. The second kappa shape index (κ2) is 8.47. The van der Waals surface area contributed by atoms with Crippen LogP contribution in [0.1, 0.15) is 78.1 Å². The third-order valence-corrected chi connectivity index (χ3v) is 8.32. The highest BCUT2D eigenvalue weighted by Crippen LogP contribution is 2.55. The average molecular weight is 444 g/mol. The van der Waals surface area contributed by atoms with Gasteiger partial charge in [0.15, 0.2) is 0 Å². The second-order valence-electron chi connectivity index (χ2n) is 10.7. The first-order chi connectivity index (χ1) is 15.4. The summed E-state index contributed by atoms with van der Waals surface area (Å²) in [5.74, 6) is -1.56. The zero-order valence-corrected chi connectivity index (χ0v) is 19.3. The molecule has 7 heteroatoms. The van der Waals surface area contributed by atoms with E-state index in [1.807, 2.05) is 26.0 Å². The molecular formula is C25H37N3O4. The Morgan fingerprint density at radius 2 is 1.53 bits per heavy atom. The topological polar surface area (TPSA) is 87.7 Å². The molecule has 5 aliphatic rings. The number of fused-ring (bicyclic) bond motifs is 1. The Labute approximate surface area is 190 Å². The smallest absolute Gasteiger partial charge is 0.246 e. The molecule has 0 aromatic heterocycles. The standard InChI is InChI=1S/C25H37N3O4/c1-15(2)28-21(23(30)27-17-11-7-4-8-12-17)25-14-13-18(32-25)19(20(25)24(28)31)22(29)26-16-9-5-3-6-10-16/h13-21H,3-12H2,1-2H3,(H,26,29)(H,27,30)/t18-,19+,20-,21-,25+/m1/s1. The Kier molecular flexibility index (Phi) is 5.81. The first-order valence-corrected chi connectivity index (χ1v) is 12.7. The van der Waals surface area contributed by atoms with E-state index in [1.165, 1.54) is 12.8 Å². The van der Waals surface area contributed by atoms with Crippen LogP contribution in [0.2, 0.25) is 0 Å². The van der Waals surface area contributed by atoms with Gasteiger partial charge in [-0.1, -0.05) is 50.7 Å². The Morgan fingerprint density at radius 1 is 0.969 bits per heavy atom. The van der Waals surface area contributed by atoms with Crippen molar-refractivity contribution in [1.29, 1.82) is 0 Å². The zero-order chi connectivity index (χ0) is 22.5. The van der Waals surface area contributed by atoms with Gasteiger partial charge in [0.2, 0.25) is 17.7 Å². The number of likely N-dealkylation sites (tertiary alicyclic amines) is 1. The first-order valence-electron chi connectivity index (χ1n) is 12.7. The number of carbonyl (C=O) groups is 3. The number of nitrogens with zero attached hydrogens (tertiary/aromatic N) is 1. The van der Waals surface area contributed by atoms with E-state index >= 15 is 0 Å². The van der Waals surface area contributed by atoms with Crippen LogP contribution in [0.3, 0.4) is 0 Å². The minimum atomic E-state index is -1.04. The molecule has 4 fully saturated rings. The number of rotatable bonds is 5. The highest BCUT2D eigenvalue weighted by atomic mass is 16.5. The molecule has 176 valence electrons. The Bertz CT molecular complexity index is 799. The average Bonchev–Trinajstić information content (AvgIpc) is 3.42. The van der Waals surface area contributed by atoms with Crippen LogP contribution < -0.4 is 10.6 Å². The highest BCUT2D eigenvalue weighted by molar-refractivity contribution is 6.00. The number of ether oxygens (including phenoxy) is 1. The van der Waals surface area contributed by atoms with E-state index in [-0.39, 0.29) is 35.8 Å². The lowest BCUT2D eigenvalue weighted by atomic mass is 9.74. The van der Waals surface area contributed by atoms with E-state index in [9.17, 15) is 14.4 Å². The summed E-state index contributed by atoms with van der Waals surface area (Å²) >= 11 is 0. The van der Waals surface area contributed by atoms with Crippen LogP contribution in [-0.2, 0) is 19.1 Å². The fourth-order valence-corrected chi connectivity index (χ4v) is 6.83. The molecule has 1 spiro atoms. The maximum absolute atomic E-state index is 13.7. The summed E-state index contributed by atoms with van der Waals surface area (Å²) in [6, 6.07) is -0.541. The maximum Gasteiger partial charge on any atom is 0.246 e. The summed E-state index contributed by atoms with van der Waals surface area (Å²) in [6.45, 7) is 3.87. The molecule has 2 bridgehead atoms. The molecule has 2 aliphatic carbocycles. The second-order valence-corrected chi connectivity index (χ2v) is 10.7. The van der Waals surface area contributed by atoms with Crippen LogP contribution in [0.4, 0.5) is 0 Å². The molecule has 3 amide bonds. The van der Waals surface area contributed by atoms with Gasteiger partial charge in [0.1, 0.15) is 11.6 Å². The van der Waals surface area contributed by atoms with Gasteiger partial charge in [0, 0.05) is 18.1 Å². The monoisotopic (exact) mass is 443 g/mol. The van der Waals surface area contributed by atoms with Crippen molar-refractivity contribution in [3.05, 3.63) is 12.2 Å². The van der Waals surface area contributed by atoms with Crippen molar-refractivity contribution in [3.63, 3.8) is 0 Å². The van der Waals surface area contributed by atoms with Crippen molar-refractivity contribution in [3.8, 4) is 0 Å². The van der Waals surface area contributed by atoms with Crippen molar-refractivity contribution in [2.45, 2.75) is 114 Å². The highest BCUT2D eigenvalue weighted by Gasteiger charge is 2.73. The predicted molar refractivity (Wildman–Crippen MR) is 120 cm³/mol. The number of hydrogen-bond acceptors (Lipinski definition) is 4. The van der Waals surface area contributed by atoms with E-state index in [1.54, 1.807) is 4.90 Å².